The summed E-state index contributed by atoms with van der Waals surface area (Å²) in [6.07, 6.45) is 9.28. The van der Waals surface area contributed by atoms with Crippen LogP contribution in [0.4, 0.5) is 0 Å². The maximum Gasteiger partial charge on any atom is 0.242 e. The van der Waals surface area contributed by atoms with Crippen LogP contribution < -0.4 is 16.0 Å². The van der Waals surface area contributed by atoms with Crippen LogP contribution in [0.3, 0.4) is 0 Å². The van der Waals surface area contributed by atoms with Gasteiger partial charge in [0.05, 0.1) is 0 Å². The number of amides is 2. The molecule has 5 aliphatic rings. The Labute approximate surface area is 182 Å². The minimum Gasteiger partial charge on any atom is -0.354 e. The molecule has 0 aromatic rings. The molecule has 1 unspecified atom stereocenters. The lowest BCUT2D eigenvalue weighted by molar-refractivity contribution is -0.149. The summed E-state index contributed by atoms with van der Waals surface area (Å²) in [7, 11) is 0. The van der Waals surface area contributed by atoms with Crippen molar-refractivity contribution < 1.29 is 9.59 Å². The molecule has 5 rings (SSSR count). The predicted molar refractivity (Wildman–Crippen MR) is 118 cm³/mol. The van der Waals surface area contributed by atoms with Gasteiger partial charge in [-0.15, -0.1) is 12.4 Å². The number of carbonyl (C=O) groups is 2. The number of piperidine rings is 1. The van der Waals surface area contributed by atoms with Gasteiger partial charge in [-0.1, -0.05) is 20.8 Å². The Bertz CT molecular complexity index is 580. The molecule has 1 saturated heterocycles. The van der Waals surface area contributed by atoms with E-state index in [2.05, 4.69) is 22.9 Å². The summed E-state index contributed by atoms with van der Waals surface area (Å²) in [5.41, 5.74) is -0.0322. The maximum atomic E-state index is 13.4. The summed E-state index contributed by atoms with van der Waals surface area (Å²) in [6, 6.07) is -0.425. The van der Waals surface area contributed by atoms with Crippen molar-refractivity contribution in [3.05, 3.63) is 0 Å². The van der Waals surface area contributed by atoms with Gasteiger partial charge >= 0.3 is 0 Å². The molecular weight excluding hydrogens is 386 g/mol. The monoisotopic (exact) mass is 425 g/mol. The van der Waals surface area contributed by atoms with Crippen molar-refractivity contribution in [1.82, 2.24) is 16.0 Å². The van der Waals surface area contributed by atoms with E-state index in [4.69, 9.17) is 0 Å². The first-order valence-corrected chi connectivity index (χ1v) is 11.6. The van der Waals surface area contributed by atoms with Crippen molar-refractivity contribution >= 4 is 24.2 Å². The van der Waals surface area contributed by atoms with Gasteiger partial charge in [-0.25, -0.2) is 0 Å². The lowest BCUT2D eigenvalue weighted by Crippen LogP contribution is -2.59. The van der Waals surface area contributed by atoms with Crippen LogP contribution in [0, 0.1) is 34.5 Å². The second-order valence-corrected chi connectivity index (χ2v) is 11.2. The van der Waals surface area contributed by atoms with Gasteiger partial charge in [0.25, 0.3) is 0 Å². The van der Waals surface area contributed by atoms with E-state index < -0.39 is 6.04 Å². The molecule has 4 bridgehead atoms. The Morgan fingerprint density at radius 1 is 1.00 bits per heavy atom. The molecule has 1 atom stereocenters. The lowest BCUT2D eigenvalue weighted by atomic mass is 9.49. The van der Waals surface area contributed by atoms with E-state index in [1.807, 2.05) is 13.8 Å². The molecule has 6 heteroatoms. The van der Waals surface area contributed by atoms with E-state index in [0.717, 1.165) is 62.9 Å². The van der Waals surface area contributed by atoms with Crippen LogP contribution in [0.5, 0.6) is 0 Å². The Balaban J connectivity index is 0.00000240. The fraction of sp³-hybridized carbons (Fsp3) is 0.913. The molecule has 1 aliphatic heterocycles. The summed E-state index contributed by atoms with van der Waals surface area (Å²) in [4.78, 5) is 26.4. The molecule has 0 spiro atoms. The Hall–Kier alpha value is -0.810. The van der Waals surface area contributed by atoms with E-state index in [9.17, 15) is 9.59 Å². The third-order valence-electron chi connectivity index (χ3n) is 8.26. The normalized spacial score (nSPS) is 35.7. The molecule has 1 heterocycles. The van der Waals surface area contributed by atoms with Crippen LogP contribution in [-0.4, -0.2) is 37.5 Å². The van der Waals surface area contributed by atoms with Gasteiger partial charge in [-0.3, -0.25) is 9.59 Å². The highest BCUT2D eigenvalue weighted by atomic mass is 35.5. The molecule has 29 heavy (non-hydrogen) atoms. The summed E-state index contributed by atoms with van der Waals surface area (Å²) >= 11 is 0. The van der Waals surface area contributed by atoms with Crippen LogP contribution in [0.1, 0.15) is 72.1 Å². The van der Waals surface area contributed by atoms with Gasteiger partial charge in [-0.05, 0) is 93.5 Å². The zero-order valence-electron chi connectivity index (χ0n) is 18.4. The average Bonchev–Trinajstić information content (AvgIpc) is 2.63. The number of rotatable bonds is 6. The first-order valence-electron chi connectivity index (χ1n) is 11.6. The largest absolute Gasteiger partial charge is 0.354 e. The number of hydrogen-bond acceptors (Lipinski definition) is 3. The SMILES string of the molecule is CC(C)C(NC(=O)C12CC3CC(CC(C3)C1)C2)C(=O)NCC1(C)CCNCC1.Cl. The van der Waals surface area contributed by atoms with Crippen molar-refractivity contribution in [2.75, 3.05) is 19.6 Å². The summed E-state index contributed by atoms with van der Waals surface area (Å²) in [5.74, 6) is 2.47. The molecule has 3 N–H and O–H groups in total. The van der Waals surface area contributed by atoms with Gasteiger partial charge < -0.3 is 16.0 Å². The van der Waals surface area contributed by atoms with Crippen molar-refractivity contribution in [2.45, 2.75) is 78.2 Å². The van der Waals surface area contributed by atoms with Crippen molar-refractivity contribution in [3.8, 4) is 0 Å². The summed E-state index contributed by atoms with van der Waals surface area (Å²) < 4.78 is 0. The van der Waals surface area contributed by atoms with Crippen molar-refractivity contribution in [2.24, 2.45) is 34.5 Å². The molecule has 5 fully saturated rings. The zero-order valence-corrected chi connectivity index (χ0v) is 19.2. The van der Waals surface area contributed by atoms with Gasteiger partial charge in [0, 0.05) is 12.0 Å². The second-order valence-electron chi connectivity index (χ2n) is 11.2. The van der Waals surface area contributed by atoms with Crippen molar-refractivity contribution in [3.63, 3.8) is 0 Å². The predicted octanol–water partition coefficient (Wildman–Crippen LogP) is 3.27. The Morgan fingerprint density at radius 2 is 1.52 bits per heavy atom. The van der Waals surface area contributed by atoms with Gasteiger partial charge in [0.2, 0.25) is 11.8 Å². The van der Waals surface area contributed by atoms with Gasteiger partial charge in [-0.2, -0.15) is 0 Å². The van der Waals surface area contributed by atoms with Crippen LogP contribution in [0.2, 0.25) is 0 Å². The number of carbonyl (C=O) groups excluding carboxylic acids is 2. The zero-order chi connectivity index (χ0) is 19.9. The fourth-order valence-corrected chi connectivity index (χ4v) is 6.84. The van der Waals surface area contributed by atoms with E-state index in [-0.39, 0.29) is 41.0 Å². The summed E-state index contributed by atoms with van der Waals surface area (Å²) in [5, 5.41) is 9.77. The molecule has 2 amide bonds. The lowest BCUT2D eigenvalue weighted by Gasteiger charge is -2.55. The highest BCUT2D eigenvalue weighted by Gasteiger charge is 2.55. The van der Waals surface area contributed by atoms with Crippen LogP contribution in [-0.2, 0) is 9.59 Å². The van der Waals surface area contributed by atoms with Crippen molar-refractivity contribution in [1.29, 1.82) is 0 Å². The quantitative estimate of drug-likeness (QED) is 0.611. The van der Waals surface area contributed by atoms with Gasteiger partial charge in [0.1, 0.15) is 6.04 Å². The highest BCUT2D eigenvalue weighted by molar-refractivity contribution is 5.90. The Morgan fingerprint density at radius 3 is 2.00 bits per heavy atom. The molecule has 0 radical (unpaired) electrons. The van der Waals surface area contributed by atoms with E-state index in [1.165, 1.54) is 19.3 Å². The maximum absolute atomic E-state index is 13.4. The van der Waals surface area contributed by atoms with Crippen LogP contribution in [0.25, 0.3) is 0 Å². The molecule has 4 aliphatic carbocycles. The molecule has 4 saturated carbocycles. The molecular formula is C23H40ClN3O2. The highest BCUT2D eigenvalue weighted by Crippen LogP contribution is 2.60. The number of nitrogens with one attached hydrogen (secondary N) is 3. The van der Waals surface area contributed by atoms with E-state index >= 15 is 0 Å². The fourth-order valence-electron chi connectivity index (χ4n) is 6.84. The molecule has 5 nitrogen and oxygen atoms in total. The van der Waals surface area contributed by atoms with E-state index in [1.54, 1.807) is 0 Å². The van der Waals surface area contributed by atoms with Crippen LogP contribution >= 0.6 is 12.4 Å². The smallest absolute Gasteiger partial charge is 0.242 e. The minimum absolute atomic E-state index is 0. The van der Waals surface area contributed by atoms with E-state index in [0.29, 0.717) is 6.54 Å². The number of hydrogen-bond donors (Lipinski definition) is 3. The second kappa shape index (κ2) is 8.74. The third-order valence-corrected chi connectivity index (χ3v) is 8.26. The molecule has 166 valence electrons. The summed E-state index contributed by atoms with van der Waals surface area (Å²) in [6.45, 7) is 9.06. The average molecular weight is 426 g/mol. The molecule has 0 aromatic carbocycles. The Kier molecular flexibility index (Phi) is 6.89. The first kappa shape index (κ1) is 22.9. The number of halogens is 1. The van der Waals surface area contributed by atoms with Gasteiger partial charge in [0.15, 0.2) is 0 Å². The standard InChI is InChI=1S/C23H39N3O2.ClH/c1-15(2)19(20(27)25-14-22(3)4-6-24-7-5-22)26-21(28)23-11-16-8-17(12-23)10-18(9-16)13-23;/h15-19,24H,4-14H2,1-3H3,(H,25,27)(H,26,28);1H. The third kappa shape index (κ3) is 4.76. The first-order chi connectivity index (χ1) is 13.3. The minimum atomic E-state index is -0.425. The topological polar surface area (TPSA) is 70.2 Å². The molecule has 0 aromatic heterocycles. The van der Waals surface area contributed by atoms with Crippen LogP contribution in [0.15, 0.2) is 0 Å².